The van der Waals surface area contributed by atoms with Crippen molar-refractivity contribution in [2.24, 2.45) is 0 Å². The van der Waals surface area contributed by atoms with Crippen LogP contribution < -0.4 is 5.32 Å². The summed E-state index contributed by atoms with van der Waals surface area (Å²) in [6, 6.07) is 0.593. The van der Waals surface area contributed by atoms with E-state index in [1.165, 1.54) is 6.42 Å². The van der Waals surface area contributed by atoms with Gasteiger partial charge in [0.2, 0.25) is 0 Å². The van der Waals surface area contributed by atoms with Gasteiger partial charge in [0.1, 0.15) is 0 Å². The van der Waals surface area contributed by atoms with Gasteiger partial charge in [0.05, 0.1) is 5.60 Å². The molecule has 80 valence electrons. The van der Waals surface area contributed by atoms with Crippen LogP contribution in [-0.4, -0.2) is 24.8 Å². The molecule has 0 amide bonds. The summed E-state index contributed by atoms with van der Waals surface area (Å²) in [7, 11) is 0. The Balaban J connectivity index is 3.40. The van der Waals surface area contributed by atoms with Crippen molar-refractivity contribution in [2.75, 3.05) is 13.2 Å². The Hall–Kier alpha value is -0.0800. The van der Waals surface area contributed by atoms with E-state index in [1.54, 1.807) is 0 Å². The number of hydrogen-bond donors (Lipinski definition) is 1. The van der Waals surface area contributed by atoms with Crippen LogP contribution in [-0.2, 0) is 4.74 Å². The van der Waals surface area contributed by atoms with Crippen molar-refractivity contribution < 1.29 is 4.74 Å². The van der Waals surface area contributed by atoms with Gasteiger partial charge in [-0.1, -0.05) is 13.8 Å². The number of rotatable bonds is 7. The van der Waals surface area contributed by atoms with Gasteiger partial charge < -0.3 is 10.1 Å². The summed E-state index contributed by atoms with van der Waals surface area (Å²) >= 11 is 0. The molecular weight excluding hydrogens is 162 g/mol. The van der Waals surface area contributed by atoms with Gasteiger partial charge in [0, 0.05) is 12.6 Å². The zero-order chi connectivity index (χ0) is 10.3. The van der Waals surface area contributed by atoms with Crippen LogP contribution in [0.3, 0.4) is 0 Å². The molecule has 0 radical (unpaired) electrons. The molecule has 0 aromatic heterocycles. The smallest absolute Gasteiger partial charge is 0.0626 e. The summed E-state index contributed by atoms with van der Waals surface area (Å²) in [5.74, 6) is 0. The molecule has 0 aliphatic heterocycles. The fraction of sp³-hybridized carbons (Fsp3) is 1.00. The first-order valence-corrected chi connectivity index (χ1v) is 5.35. The van der Waals surface area contributed by atoms with Gasteiger partial charge in [-0.3, -0.25) is 0 Å². The van der Waals surface area contributed by atoms with E-state index >= 15 is 0 Å². The van der Waals surface area contributed by atoms with Crippen molar-refractivity contribution >= 4 is 0 Å². The van der Waals surface area contributed by atoms with E-state index < -0.39 is 0 Å². The van der Waals surface area contributed by atoms with Crippen LogP contribution >= 0.6 is 0 Å². The highest BCUT2D eigenvalue weighted by Crippen LogP contribution is 2.15. The van der Waals surface area contributed by atoms with Crippen molar-refractivity contribution in [1.29, 1.82) is 0 Å². The maximum absolute atomic E-state index is 5.61. The van der Waals surface area contributed by atoms with Crippen molar-refractivity contribution in [1.82, 2.24) is 5.32 Å². The molecule has 0 fully saturated rings. The molecule has 1 N–H and O–H groups in total. The first kappa shape index (κ1) is 12.9. The molecular formula is C11H25NO. The average Bonchev–Trinajstić information content (AvgIpc) is 1.98. The lowest BCUT2D eigenvalue weighted by molar-refractivity contribution is -0.0173. The van der Waals surface area contributed by atoms with Gasteiger partial charge in [-0.15, -0.1) is 0 Å². The minimum Gasteiger partial charge on any atom is -0.376 e. The Morgan fingerprint density at radius 1 is 1.31 bits per heavy atom. The van der Waals surface area contributed by atoms with Crippen LogP contribution in [0.5, 0.6) is 0 Å². The van der Waals surface area contributed by atoms with Gasteiger partial charge in [0.25, 0.3) is 0 Å². The van der Waals surface area contributed by atoms with Crippen LogP contribution in [0.2, 0.25) is 0 Å². The van der Waals surface area contributed by atoms with Gasteiger partial charge in [-0.2, -0.15) is 0 Å². The Bertz CT molecular complexity index is 121. The lowest BCUT2D eigenvalue weighted by atomic mass is 10.0. The SMILES string of the molecule is CCOC(C)(C)CCCNC(C)C. The quantitative estimate of drug-likeness (QED) is 0.619. The van der Waals surface area contributed by atoms with Crippen molar-refractivity contribution in [3.05, 3.63) is 0 Å². The Labute approximate surface area is 83.1 Å². The Morgan fingerprint density at radius 3 is 2.38 bits per heavy atom. The van der Waals surface area contributed by atoms with Crippen LogP contribution in [0.25, 0.3) is 0 Å². The third-order valence-corrected chi connectivity index (χ3v) is 2.04. The molecule has 0 saturated heterocycles. The van der Waals surface area contributed by atoms with E-state index in [9.17, 15) is 0 Å². The molecule has 0 unspecified atom stereocenters. The Kier molecular flexibility index (Phi) is 6.35. The molecule has 0 rings (SSSR count). The second-order valence-corrected chi connectivity index (χ2v) is 4.41. The molecule has 13 heavy (non-hydrogen) atoms. The molecule has 2 heteroatoms. The van der Waals surface area contributed by atoms with Crippen molar-refractivity contribution in [3.63, 3.8) is 0 Å². The highest BCUT2D eigenvalue weighted by atomic mass is 16.5. The molecule has 0 spiro atoms. The normalized spacial score (nSPS) is 12.5. The minimum atomic E-state index is 0.0490. The average molecular weight is 187 g/mol. The molecule has 0 aromatic rings. The topological polar surface area (TPSA) is 21.3 Å². The molecule has 0 aliphatic rings. The summed E-state index contributed by atoms with van der Waals surface area (Å²) < 4.78 is 5.61. The van der Waals surface area contributed by atoms with E-state index in [0.717, 1.165) is 19.6 Å². The maximum Gasteiger partial charge on any atom is 0.0626 e. The monoisotopic (exact) mass is 187 g/mol. The van der Waals surface area contributed by atoms with Crippen molar-refractivity contribution in [3.8, 4) is 0 Å². The molecule has 0 bridgehead atoms. The van der Waals surface area contributed by atoms with E-state index in [-0.39, 0.29) is 5.60 Å². The van der Waals surface area contributed by atoms with Crippen LogP contribution in [0.15, 0.2) is 0 Å². The molecule has 0 aliphatic carbocycles. The molecule has 2 nitrogen and oxygen atoms in total. The van der Waals surface area contributed by atoms with Gasteiger partial charge in [-0.05, 0) is 40.2 Å². The second-order valence-electron chi connectivity index (χ2n) is 4.41. The fourth-order valence-electron chi connectivity index (χ4n) is 1.37. The maximum atomic E-state index is 5.61. The number of ether oxygens (including phenoxy) is 1. The lowest BCUT2D eigenvalue weighted by Gasteiger charge is -2.24. The molecule has 0 atom stereocenters. The van der Waals surface area contributed by atoms with Crippen LogP contribution in [0.1, 0.15) is 47.5 Å². The zero-order valence-corrected chi connectivity index (χ0v) is 9.81. The Morgan fingerprint density at radius 2 is 1.92 bits per heavy atom. The third kappa shape index (κ3) is 8.26. The standard InChI is InChI=1S/C11H25NO/c1-6-13-11(4,5)8-7-9-12-10(2)3/h10,12H,6-9H2,1-5H3. The van der Waals surface area contributed by atoms with E-state index in [1.807, 2.05) is 6.92 Å². The molecule has 0 heterocycles. The summed E-state index contributed by atoms with van der Waals surface area (Å²) in [5.41, 5.74) is 0.0490. The van der Waals surface area contributed by atoms with E-state index in [0.29, 0.717) is 6.04 Å². The summed E-state index contributed by atoms with van der Waals surface area (Å²) in [5, 5.41) is 3.40. The lowest BCUT2D eigenvalue weighted by Crippen LogP contribution is -2.28. The van der Waals surface area contributed by atoms with Gasteiger partial charge in [-0.25, -0.2) is 0 Å². The largest absolute Gasteiger partial charge is 0.376 e. The van der Waals surface area contributed by atoms with Crippen LogP contribution in [0.4, 0.5) is 0 Å². The van der Waals surface area contributed by atoms with Gasteiger partial charge >= 0.3 is 0 Å². The van der Waals surface area contributed by atoms with Crippen molar-refractivity contribution in [2.45, 2.75) is 59.1 Å². The highest BCUT2D eigenvalue weighted by molar-refractivity contribution is 4.69. The number of nitrogens with one attached hydrogen (secondary N) is 1. The highest BCUT2D eigenvalue weighted by Gasteiger charge is 2.16. The summed E-state index contributed by atoms with van der Waals surface area (Å²) in [6.45, 7) is 12.6. The van der Waals surface area contributed by atoms with E-state index in [2.05, 4.69) is 33.0 Å². The number of hydrogen-bond acceptors (Lipinski definition) is 2. The minimum absolute atomic E-state index is 0.0490. The summed E-state index contributed by atoms with van der Waals surface area (Å²) in [6.07, 6.45) is 2.31. The van der Waals surface area contributed by atoms with Crippen LogP contribution in [0, 0.1) is 0 Å². The molecule has 0 saturated carbocycles. The molecule has 0 aromatic carbocycles. The summed E-state index contributed by atoms with van der Waals surface area (Å²) in [4.78, 5) is 0. The second kappa shape index (κ2) is 6.39. The first-order valence-electron chi connectivity index (χ1n) is 5.35. The first-order chi connectivity index (χ1) is 5.98. The third-order valence-electron chi connectivity index (χ3n) is 2.04. The predicted molar refractivity (Wildman–Crippen MR) is 58.1 cm³/mol. The van der Waals surface area contributed by atoms with E-state index in [4.69, 9.17) is 4.74 Å². The zero-order valence-electron chi connectivity index (χ0n) is 9.81. The van der Waals surface area contributed by atoms with Gasteiger partial charge in [0.15, 0.2) is 0 Å². The predicted octanol–water partition coefficient (Wildman–Crippen LogP) is 2.58. The fourth-order valence-corrected chi connectivity index (χ4v) is 1.37.